The minimum absolute atomic E-state index is 0.0530. The molecule has 2 unspecified atom stereocenters. The molecule has 21 heavy (non-hydrogen) atoms. The van der Waals surface area contributed by atoms with Crippen LogP contribution < -0.4 is 5.32 Å². The van der Waals surface area contributed by atoms with Crippen LogP contribution in [-0.4, -0.2) is 11.7 Å². The lowest BCUT2D eigenvalue weighted by Crippen LogP contribution is -2.35. The standard InChI is InChI=1S/C18H19NO2/c1-13(14(2)20)17(15-9-5-3-6-10-15)19-18(21)16-11-7-4-8-12-16/h3-13,17H,1-2H3,(H,19,21). The minimum Gasteiger partial charge on any atom is -0.345 e. The molecule has 0 spiro atoms. The van der Waals surface area contributed by atoms with Gasteiger partial charge in [0.15, 0.2) is 0 Å². The van der Waals surface area contributed by atoms with E-state index in [2.05, 4.69) is 5.32 Å². The van der Waals surface area contributed by atoms with Crippen LogP contribution in [0.4, 0.5) is 0 Å². The van der Waals surface area contributed by atoms with Crippen molar-refractivity contribution in [1.29, 1.82) is 0 Å². The van der Waals surface area contributed by atoms with Crippen LogP contribution in [0.5, 0.6) is 0 Å². The summed E-state index contributed by atoms with van der Waals surface area (Å²) in [7, 11) is 0. The summed E-state index contributed by atoms with van der Waals surface area (Å²) in [4.78, 5) is 24.1. The van der Waals surface area contributed by atoms with E-state index in [9.17, 15) is 9.59 Å². The Morgan fingerprint density at radius 1 is 0.905 bits per heavy atom. The largest absolute Gasteiger partial charge is 0.345 e. The van der Waals surface area contributed by atoms with Crippen molar-refractivity contribution in [2.45, 2.75) is 19.9 Å². The first-order valence-electron chi connectivity index (χ1n) is 7.01. The van der Waals surface area contributed by atoms with Crippen LogP contribution in [-0.2, 0) is 4.79 Å². The Hall–Kier alpha value is -2.42. The van der Waals surface area contributed by atoms with Gasteiger partial charge in [0.1, 0.15) is 5.78 Å². The second-order valence-electron chi connectivity index (χ2n) is 5.13. The van der Waals surface area contributed by atoms with E-state index < -0.39 is 0 Å². The average molecular weight is 281 g/mol. The fourth-order valence-electron chi connectivity index (χ4n) is 2.21. The Balaban J connectivity index is 2.25. The lowest BCUT2D eigenvalue weighted by molar-refractivity contribution is -0.121. The number of hydrogen-bond acceptors (Lipinski definition) is 2. The van der Waals surface area contributed by atoms with Gasteiger partial charge in [-0.2, -0.15) is 0 Å². The van der Waals surface area contributed by atoms with Crippen molar-refractivity contribution < 1.29 is 9.59 Å². The molecule has 1 N–H and O–H groups in total. The van der Waals surface area contributed by atoms with Gasteiger partial charge in [-0.3, -0.25) is 9.59 Å². The third-order valence-corrected chi connectivity index (χ3v) is 3.62. The van der Waals surface area contributed by atoms with Gasteiger partial charge in [0, 0.05) is 11.5 Å². The maximum atomic E-state index is 12.3. The van der Waals surface area contributed by atoms with Gasteiger partial charge < -0.3 is 5.32 Å². The van der Waals surface area contributed by atoms with Crippen LogP contribution in [0.3, 0.4) is 0 Å². The van der Waals surface area contributed by atoms with E-state index in [1.165, 1.54) is 0 Å². The molecule has 2 rings (SSSR count). The van der Waals surface area contributed by atoms with Gasteiger partial charge in [0.2, 0.25) is 0 Å². The molecular formula is C18H19NO2. The summed E-state index contributed by atoms with van der Waals surface area (Å²) in [6, 6.07) is 18.3. The first kappa shape index (κ1) is 15.0. The van der Waals surface area contributed by atoms with Crippen molar-refractivity contribution in [3.63, 3.8) is 0 Å². The quantitative estimate of drug-likeness (QED) is 0.913. The molecule has 108 valence electrons. The molecule has 0 aromatic heterocycles. The molecule has 3 heteroatoms. The molecule has 2 atom stereocenters. The highest BCUT2D eigenvalue weighted by Crippen LogP contribution is 2.23. The number of carbonyl (C=O) groups excluding carboxylic acids is 2. The topological polar surface area (TPSA) is 46.2 Å². The molecule has 0 aliphatic carbocycles. The van der Waals surface area contributed by atoms with Crippen LogP contribution >= 0.6 is 0 Å². The fourth-order valence-corrected chi connectivity index (χ4v) is 2.21. The van der Waals surface area contributed by atoms with E-state index in [1.807, 2.05) is 55.5 Å². The second-order valence-corrected chi connectivity index (χ2v) is 5.13. The smallest absolute Gasteiger partial charge is 0.251 e. The summed E-state index contributed by atoms with van der Waals surface area (Å²) in [5.74, 6) is -0.394. The normalized spacial score (nSPS) is 13.2. The zero-order valence-electron chi connectivity index (χ0n) is 12.2. The van der Waals surface area contributed by atoms with Crippen molar-refractivity contribution >= 4 is 11.7 Å². The number of ketones is 1. The molecule has 0 heterocycles. The number of nitrogens with one attached hydrogen (secondary N) is 1. The van der Waals surface area contributed by atoms with E-state index in [4.69, 9.17) is 0 Å². The molecule has 3 nitrogen and oxygen atoms in total. The summed E-state index contributed by atoms with van der Waals surface area (Å²) in [5, 5.41) is 2.97. The molecule has 2 aromatic carbocycles. The molecule has 1 amide bonds. The molecule has 0 aliphatic rings. The second kappa shape index (κ2) is 6.84. The number of amides is 1. The van der Waals surface area contributed by atoms with Crippen LogP contribution in [0, 0.1) is 5.92 Å². The Bertz CT molecular complexity index is 608. The van der Waals surface area contributed by atoms with Crippen molar-refractivity contribution in [2.75, 3.05) is 0 Å². The molecule has 2 aromatic rings. The van der Waals surface area contributed by atoms with Crippen molar-refractivity contribution in [3.05, 3.63) is 71.8 Å². The fraction of sp³-hybridized carbons (Fsp3) is 0.222. The number of hydrogen-bond donors (Lipinski definition) is 1. The highest BCUT2D eigenvalue weighted by atomic mass is 16.2. The number of Topliss-reactive ketones (excluding diaryl/α,β-unsaturated/α-hetero) is 1. The van der Waals surface area contributed by atoms with Crippen LogP contribution in [0.25, 0.3) is 0 Å². The van der Waals surface area contributed by atoms with Gasteiger partial charge in [0.25, 0.3) is 5.91 Å². The summed E-state index contributed by atoms with van der Waals surface area (Å²) >= 11 is 0. The molecule has 0 fully saturated rings. The molecule has 0 bridgehead atoms. The van der Waals surface area contributed by atoms with Crippen molar-refractivity contribution in [1.82, 2.24) is 5.32 Å². The molecule has 0 aliphatic heterocycles. The van der Waals surface area contributed by atoms with Crippen LogP contribution in [0.2, 0.25) is 0 Å². The van der Waals surface area contributed by atoms with Crippen molar-refractivity contribution in [3.8, 4) is 0 Å². The third-order valence-electron chi connectivity index (χ3n) is 3.62. The lowest BCUT2D eigenvalue weighted by atomic mass is 9.91. The number of benzene rings is 2. The minimum atomic E-state index is -0.323. The molecule has 0 radical (unpaired) electrons. The zero-order chi connectivity index (χ0) is 15.2. The van der Waals surface area contributed by atoms with Gasteiger partial charge >= 0.3 is 0 Å². The third kappa shape index (κ3) is 3.78. The maximum absolute atomic E-state index is 12.3. The summed E-state index contributed by atoms with van der Waals surface area (Å²) in [5.41, 5.74) is 1.53. The first-order valence-corrected chi connectivity index (χ1v) is 7.01. The number of rotatable bonds is 5. The predicted molar refractivity (Wildman–Crippen MR) is 82.9 cm³/mol. The van der Waals surface area contributed by atoms with Gasteiger partial charge in [-0.1, -0.05) is 55.5 Å². The van der Waals surface area contributed by atoms with Crippen LogP contribution in [0.1, 0.15) is 35.8 Å². The monoisotopic (exact) mass is 281 g/mol. The van der Waals surface area contributed by atoms with Gasteiger partial charge in [-0.05, 0) is 24.6 Å². The van der Waals surface area contributed by atoms with E-state index in [0.717, 1.165) is 5.56 Å². The van der Waals surface area contributed by atoms with Crippen molar-refractivity contribution in [2.24, 2.45) is 5.92 Å². The zero-order valence-corrected chi connectivity index (χ0v) is 12.2. The number of carbonyl (C=O) groups is 2. The van der Waals surface area contributed by atoms with Gasteiger partial charge in [0.05, 0.1) is 6.04 Å². The highest BCUT2D eigenvalue weighted by molar-refractivity contribution is 5.94. The Morgan fingerprint density at radius 2 is 1.43 bits per heavy atom. The molecule has 0 saturated carbocycles. The summed E-state index contributed by atoms with van der Waals surface area (Å²) in [6.45, 7) is 3.39. The summed E-state index contributed by atoms with van der Waals surface area (Å²) in [6.07, 6.45) is 0. The van der Waals surface area contributed by atoms with Gasteiger partial charge in [-0.15, -0.1) is 0 Å². The Morgan fingerprint density at radius 3 is 1.95 bits per heavy atom. The molecule has 0 saturated heterocycles. The van der Waals surface area contributed by atoms with E-state index in [1.54, 1.807) is 19.1 Å². The summed E-state index contributed by atoms with van der Waals surface area (Å²) < 4.78 is 0. The van der Waals surface area contributed by atoms with Crippen LogP contribution in [0.15, 0.2) is 60.7 Å². The van der Waals surface area contributed by atoms with E-state index in [0.29, 0.717) is 5.56 Å². The van der Waals surface area contributed by atoms with Gasteiger partial charge in [-0.25, -0.2) is 0 Å². The predicted octanol–water partition coefficient (Wildman–Crippen LogP) is 3.38. The Kier molecular flexibility index (Phi) is 4.88. The average Bonchev–Trinajstić information content (AvgIpc) is 2.53. The first-order chi connectivity index (χ1) is 10.1. The highest BCUT2D eigenvalue weighted by Gasteiger charge is 2.24. The Labute approximate surface area is 125 Å². The molecular weight excluding hydrogens is 262 g/mol. The van der Waals surface area contributed by atoms with E-state index in [-0.39, 0.29) is 23.7 Å². The SMILES string of the molecule is CC(=O)C(C)C(NC(=O)c1ccccc1)c1ccccc1. The lowest BCUT2D eigenvalue weighted by Gasteiger charge is -2.24. The maximum Gasteiger partial charge on any atom is 0.251 e. The van der Waals surface area contributed by atoms with E-state index >= 15 is 0 Å².